The number of anilines is 1. The lowest BCUT2D eigenvalue weighted by Gasteiger charge is -2.31. The molecule has 6 nitrogen and oxygen atoms in total. The highest BCUT2D eigenvalue weighted by molar-refractivity contribution is 7.09. The molecule has 0 unspecified atom stereocenters. The molecule has 166 valence electrons. The quantitative estimate of drug-likeness (QED) is 0.590. The molecule has 0 N–H and O–H groups in total. The Hall–Kier alpha value is -2.80. The molecule has 7 heteroatoms. The minimum absolute atomic E-state index is 0.151. The third-order valence-electron chi connectivity index (χ3n) is 6.48. The Morgan fingerprint density at radius 2 is 1.97 bits per heavy atom. The molecule has 1 atom stereocenters. The number of rotatable bonds is 5. The summed E-state index contributed by atoms with van der Waals surface area (Å²) in [5.74, 6) is 2.32. The number of aryl methyl sites for hydroxylation is 2. The van der Waals surface area contributed by atoms with E-state index in [-0.39, 0.29) is 11.8 Å². The molecule has 0 saturated carbocycles. The first-order valence-electron chi connectivity index (χ1n) is 11.4. The predicted octanol–water partition coefficient (Wildman–Crippen LogP) is 4.06. The van der Waals surface area contributed by atoms with Gasteiger partial charge in [-0.1, -0.05) is 30.3 Å². The zero-order chi connectivity index (χ0) is 22.1. The van der Waals surface area contributed by atoms with Gasteiger partial charge in [0.1, 0.15) is 11.6 Å². The van der Waals surface area contributed by atoms with E-state index in [9.17, 15) is 4.79 Å². The molecule has 2 aliphatic rings. The van der Waals surface area contributed by atoms with Crippen molar-refractivity contribution >= 4 is 23.1 Å². The maximum absolute atomic E-state index is 12.8. The predicted molar refractivity (Wildman–Crippen MR) is 127 cm³/mol. The van der Waals surface area contributed by atoms with Gasteiger partial charge in [0, 0.05) is 48.7 Å². The summed E-state index contributed by atoms with van der Waals surface area (Å²) in [5, 5.41) is 2.99. The van der Waals surface area contributed by atoms with Crippen molar-refractivity contribution in [3.05, 3.63) is 69.1 Å². The Balaban J connectivity index is 1.33. The summed E-state index contributed by atoms with van der Waals surface area (Å²) in [6.45, 7) is 7.42. The molecule has 1 fully saturated rings. The zero-order valence-corrected chi connectivity index (χ0v) is 19.6. The fourth-order valence-corrected chi connectivity index (χ4v) is 5.42. The number of likely N-dealkylation sites (tertiary alicyclic amines) is 1. The Morgan fingerprint density at radius 1 is 1.12 bits per heavy atom. The molecule has 2 aromatic heterocycles. The SMILES string of the molecule is Cc1nc(CC(=O)N2CC[C@H](c3nc(C)c4c(n3)N(Cc3ccccc3)CCC4)C2)cs1. The fraction of sp³-hybridized carbons (Fsp3) is 0.440. The van der Waals surface area contributed by atoms with Gasteiger partial charge in [-0.05, 0) is 38.7 Å². The summed E-state index contributed by atoms with van der Waals surface area (Å²) in [6, 6.07) is 10.6. The first kappa shape index (κ1) is 21.1. The number of hydrogen-bond acceptors (Lipinski definition) is 6. The van der Waals surface area contributed by atoms with Crippen molar-refractivity contribution in [1.82, 2.24) is 19.9 Å². The van der Waals surface area contributed by atoms with Crippen LogP contribution >= 0.6 is 11.3 Å². The standard InChI is InChI=1S/C25H29N5OS/c1-17-22-9-6-11-30(14-19-7-4-3-5-8-19)25(22)28-24(26-17)20-10-12-29(15-20)23(31)13-21-16-32-18(2)27-21/h3-5,7-8,16,20H,6,9-15H2,1-2H3/t20-/m0/s1. The van der Waals surface area contributed by atoms with Crippen LogP contribution in [-0.2, 0) is 24.2 Å². The van der Waals surface area contributed by atoms with E-state index < -0.39 is 0 Å². The Morgan fingerprint density at radius 3 is 2.75 bits per heavy atom. The summed E-state index contributed by atoms with van der Waals surface area (Å²) in [5.41, 5.74) is 4.54. The second-order valence-corrected chi connectivity index (χ2v) is 9.90. The van der Waals surface area contributed by atoms with E-state index in [0.29, 0.717) is 13.0 Å². The lowest BCUT2D eigenvalue weighted by Crippen LogP contribution is -2.32. The van der Waals surface area contributed by atoms with E-state index >= 15 is 0 Å². The van der Waals surface area contributed by atoms with E-state index in [1.807, 2.05) is 17.2 Å². The summed E-state index contributed by atoms with van der Waals surface area (Å²) >= 11 is 1.60. The van der Waals surface area contributed by atoms with Gasteiger partial charge in [0.15, 0.2) is 0 Å². The Labute approximate surface area is 193 Å². The number of fused-ring (bicyclic) bond motifs is 1. The molecule has 3 aromatic rings. The second-order valence-electron chi connectivity index (χ2n) is 8.84. The molecule has 2 aliphatic heterocycles. The highest BCUT2D eigenvalue weighted by atomic mass is 32.1. The summed E-state index contributed by atoms with van der Waals surface area (Å²) in [4.78, 5) is 31.6. The molecule has 5 rings (SSSR count). The van der Waals surface area contributed by atoms with Gasteiger partial charge >= 0.3 is 0 Å². The zero-order valence-electron chi connectivity index (χ0n) is 18.8. The number of carbonyl (C=O) groups is 1. The van der Waals surface area contributed by atoms with Crippen molar-refractivity contribution in [2.24, 2.45) is 0 Å². The van der Waals surface area contributed by atoms with Gasteiger partial charge in [-0.25, -0.2) is 15.0 Å². The van der Waals surface area contributed by atoms with Crippen molar-refractivity contribution < 1.29 is 4.79 Å². The van der Waals surface area contributed by atoms with Crippen LogP contribution in [0.15, 0.2) is 35.7 Å². The fourth-order valence-electron chi connectivity index (χ4n) is 4.80. The summed E-state index contributed by atoms with van der Waals surface area (Å²) in [6.07, 6.45) is 3.46. The van der Waals surface area contributed by atoms with Crippen LogP contribution in [-0.4, -0.2) is 45.4 Å². The van der Waals surface area contributed by atoms with Gasteiger partial charge in [0.2, 0.25) is 5.91 Å². The monoisotopic (exact) mass is 447 g/mol. The summed E-state index contributed by atoms with van der Waals surface area (Å²) < 4.78 is 0. The molecule has 1 amide bonds. The van der Waals surface area contributed by atoms with Crippen molar-refractivity contribution in [2.75, 3.05) is 24.5 Å². The third kappa shape index (κ3) is 4.39. The van der Waals surface area contributed by atoms with Crippen LogP contribution in [0.2, 0.25) is 0 Å². The van der Waals surface area contributed by atoms with E-state index in [4.69, 9.17) is 9.97 Å². The van der Waals surface area contributed by atoms with E-state index in [2.05, 4.69) is 47.1 Å². The number of aromatic nitrogens is 3. The maximum Gasteiger partial charge on any atom is 0.228 e. The van der Waals surface area contributed by atoms with Crippen LogP contribution in [0.4, 0.5) is 5.82 Å². The number of hydrogen-bond donors (Lipinski definition) is 0. The Bertz CT molecular complexity index is 1110. The summed E-state index contributed by atoms with van der Waals surface area (Å²) in [7, 11) is 0. The van der Waals surface area contributed by atoms with Gasteiger partial charge in [0.05, 0.1) is 17.1 Å². The smallest absolute Gasteiger partial charge is 0.228 e. The molecule has 0 spiro atoms. The molecule has 0 aliphatic carbocycles. The van der Waals surface area contributed by atoms with E-state index in [1.165, 1.54) is 11.1 Å². The van der Waals surface area contributed by atoms with Gasteiger partial charge in [-0.3, -0.25) is 4.79 Å². The van der Waals surface area contributed by atoms with E-state index in [0.717, 1.165) is 66.9 Å². The number of amides is 1. The molecule has 4 heterocycles. The average Bonchev–Trinajstić information content (AvgIpc) is 3.44. The minimum atomic E-state index is 0.151. The lowest BCUT2D eigenvalue weighted by molar-refractivity contribution is -0.129. The molecule has 1 saturated heterocycles. The second kappa shape index (κ2) is 8.98. The number of benzene rings is 1. The first-order chi connectivity index (χ1) is 15.6. The molecular formula is C25H29N5OS. The topological polar surface area (TPSA) is 62.2 Å². The van der Waals surface area contributed by atoms with Crippen LogP contribution < -0.4 is 4.90 Å². The molecular weight excluding hydrogens is 418 g/mol. The highest BCUT2D eigenvalue weighted by Crippen LogP contribution is 2.32. The number of carbonyl (C=O) groups excluding carboxylic acids is 1. The van der Waals surface area contributed by atoms with Crippen molar-refractivity contribution in [1.29, 1.82) is 0 Å². The van der Waals surface area contributed by atoms with Crippen LogP contribution in [0, 0.1) is 13.8 Å². The maximum atomic E-state index is 12.8. The van der Waals surface area contributed by atoms with E-state index in [1.54, 1.807) is 11.3 Å². The molecule has 1 aromatic carbocycles. The normalized spacial score (nSPS) is 18.1. The van der Waals surface area contributed by atoms with Gasteiger partial charge in [-0.15, -0.1) is 11.3 Å². The van der Waals surface area contributed by atoms with Gasteiger partial charge < -0.3 is 9.80 Å². The molecule has 0 bridgehead atoms. The van der Waals surface area contributed by atoms with Gasteiger partial charge in [-0.2, -0.15) is 0 Å². The van der Waals surface area contributed by atoms with Crippen LogP contribution in [0.1, 0.15) is 52.1 Å². The molecule has 32 heavy (non-hydrogen) atoms. The number of thiazole rings is 1. The van der Waals surface area contributed by atoms with Crippen LogP contribution in [0.5, 0.6) is 0 Å². The first-order valence-corrected chi connectivity index (χ1v) is 12.3. The Kier molecular flexibility index (Phi) is 5.91. The largest absolute Gasteiger partial charge is 0.352 e. The third-order valence-corrected chi connectivity index (χ3v) is 7.31. The van der Waals surface area contributed by atoms with Crippen LogP contribution in [0.3, 0.4) is 0 Å². The van der Waals surface area contributed by atoms with Crippen LogP contribution in [0.25, 0.3) is 0 Å². The minimum Gasteiger partial charge on any atom is -0.352 e. The lowest BCUT2D eigenvalue weighted by atomic mass is 10.0. The number of nitrogens with zero attached hydrogens (tertiary/aromatic N) is 5. The highest BCUT2D eigenvalue weighted by Gasteiger charge is 2.31. The van der Waals surface area contributed by atoms with Crippen molar-refractivity contribution in [3.63, 3.8) is 0 Å². The average molecular weight is 448 g/mol. The van der Waals surface area contributed by atoms with Crippen molar-refractivity contribution in [2.45, 2.75) is 52.0 Å². The van der Waals surface area contributed by atoms with Crippen molar-refractivity contribution in [3.8, 4) is 0 Å². The molecule has 0 radical (unpaired) electrons. The van der Waals surface area contributed by atoms with Gasteiger partial charge in [0.25, 0.3) is 0 Å².